The van der Waals surface area contributed by atoms with Crippen molar-refractivity contribution in [3.05, 3.63) is 89.3 Å². The fraction of sp³-hybridized carbons (Fsp3) is 0.115. The molecule has 0 amide bonds. The van der Waals surface area contributed by atoms with Gasteiger partial charge < -0.3 is 20.3 Å². The third-order valence-electron chi connectivity index (χ3n) is 6.16. The third-order valence-corrected chi connectivity index (χ3v) is 6.16. The Labute approximate surface area is 188 Å². The van der Waals surface area contributed by atoms with Crippen LogP contribution in [0, 0.1) is 0 Å². The average molecular weight is 440 g/mol. The number of hydrogen-bond acceptors (Lipinski definition) is 4. The van der Waals surface area contributed by atoms with Gasteiger partial charge in [-0.1, -0.05) is 36.4 Å². The number of carbonyl (C=O) groups is 2. The maximum atomic E-state index is 11.3. The lowest BCUT2D eigenvalue weighted by Crippen LogP contribution is -2.23. The number of carboxylic acid groups (broad SMARTS) is 2. The van der Waals surface area contributed by atoms with Crippen LogP contribution in [0.3, 0.4) is 0 Å². The summed E-state index contributed by atoms with van der Waals surface area (Å²) in [7, 11) is 0. The third kappa shape index (κ3) is 3.43. The van der Waals surface area contributed by atoms with Gasteiger partial charge >= 0.3 is 11.9 Å². The molecular weight excluding hydrogens is 420 g/mol. The SMILES string of the molecule is CC1(c2nc3c(ccc4cc(C(=O)O)cc(O)c43)[nH]2)C=CC=C(c2ccc(C(=O)O)cc2)C1. The Morgan fingerprint density at radius 2 is 1.73 bits per heavy atom. The summed E-state index contributed by atoms with van der Waals surface area (Å²) < 4.78 is 0. The van der Waals surface area contributed by atoms with Crippen LogP contribution in [0.25, 0.3) is 27.4 Å². The second-order valence-corrected chi connectivity index (χ2v) is 8.47. The molecule has 7 nitrogen and oxygen atoms in total. The first-order valence-corrected chi connectivity index (χ1v) is 10.4. The van der Waals surface area contributed by atoms with E-state index in [0.29, 0.717) is 22.7 Å². The lowest BCUT2D eigenvalue weighted by molar-refractivity contribution is 0.0686. The normalized spacial score (nSPS) is 17.9. The van der Waals surface area contributed by atoms with Crippen molar-refractivity contribution in [1.82, 2.24) is 9.97 Å². The second kappa shape index (κ2) is 7.34. The van der Waals surface area contributed by atoms with E-state index in [2.05, 4.69) is 18.0 Å². The summed E-state index contributed by atoms with van der Waals surface area (Å²) in [5, 5.41) is 30.1. The van der Waals surface area contributed by atoms with Crippen LogP contribution in [0.15, 0.2) is 66.8 Å². The number of rotatable bonds is 4. The summed E-state index contributed by atoms with van der Waals surface area (Å²) in [5.41, 5.74) is 3.11. The van der Waals surface area contributed by atoms with E-state index < -0.39 is 17.4 Å². The molecule has 0 radical (unpaired) electrons. The fourth-order valence-electron chi connectivity index (χ4n) is 4.38. The summed E-state index contributed by atoms with van der Waals surface area (Å²) in [6, 6.07) is 13.2. The molecule has 0 saturated carbocycles. The standard InChI is InChI=1S/C26H20N2O5/c1-26(10-2-3-17(13-26)14-4-6-15(7-5-14)23(30)31)25-27-19-9-8-16-11-18(24(32)33)12-20(29)21(16)22(19)28-25/h2-12,29H,13H2,1H3,(H,27,28)(H,30,31)(H,32,33). The summed E-state index contributed by atoms with van der Waals surface area (Å²) in [6.07, 6.45) is 6.67. The molecule has 1 atom stereocenters. The Morgan fingerprint density at radius 1 is 1.00 bits per heavy atom. The minimum absolute atomic E-state index is 0.0148. The van der Waals surface area contributed by atoms with Crippen LogP contribution >= 0.6 is 0 Å². The van der Waals surface area contributed by atoms with Crippen molar-refractivity contribution in [2.24, 2.45) is 0 Å². The summed E-state index contributed by atoms with van der Waals surface area (Å²) in [6.45, 7) is 2.06. The number of aromatic hydroxyl groups is 1. The van der Waals surface area contributed by atoms with E-state index >= 15 is 0 Å². The number of nitrogens with one attached hydrogen (secondary N) is 1. The molecule has 1 aromatic heterocycles. The van der Waals surface area contributed by atoms with Crippen LogP contribution in [0.4, 0.5) is 0 Å². The number of phenols is 1. The van der Waals surface area contributed by atoms with Gasteiger partial charge in [0, 0.05) is 5.41 Å². The van der Waals surface area contributed by atoms with Crippen LogP contribution in [-0.2, 0) is 5.41 Å². The van der Waals surface area contributed by atoms with Gasteiger partial charge in [-0.3, -0.25) is 0 Å². The molecule has 1 unspecified atom stereocenters. The lowest BCUT2D eigenvalue weighted by Gasteiger charge is -2.28. The Hall–Kier alpha value is -4.39. The quantitative estimate of drug-likeness (QED) is 0.349. The monoisotopic (exact) mass is 440 g/mol. The van der Waals surface area contributed by atoms with Crippen molar-refractivity contribution in [2.45, 2.75) is 18.8 Å². The predicted octanol–water partition coefficient (Wildman–Crippen LogP) is 5.12. The first-order chi connectivity index (χ1) is 15.7. The minimum atomic E-state index is -1.11. The molecule has 5 rings (SSSR count). The van der Waals surface area contributed by atoms with E-state index in [1.165, 1.54) is 12.1 Å². The Bertz CT molecular complexity index is 1510. The molecule has 164 valence electrons. The lowest BCUT2D eigenvalue weighted by atomic mass is 9.77. The van der Waals surface area contributed by atoms with Gasteiger partial charge in [0.25, 0.3) is 0 Å². The van der Waals surface area contributed by atoms with E-state index in [0.717, 1.165) is 22.5 Å². The summed E-state index contributed by atoms with van der Waals surface area (Å²) in [4.78, 5) is 30.7. The van der Waals surface area contributed by atoms with Gasteiger partial charge in [-0.05, 0) is 60.2 Å². The number of aromatic nitrogens is 2. The molecule has 3 aromatic carbocycles. The molecule has 1 aliphatic carbocycles. The molecule has 1 aliphatic rings. The van der Waals surface area contributed by atoms with Gasteiger partial charge in [-0.15, -0.1) is 0 Å². The molecule has 1 heterocycles. The number of H-pyrrole nitrogens is 1. The Morgan fingerprint density at radius 3 is 2.42 bits per heavy atom. The highest BCUT2D eigenvalue weighted by atomic mass is 16.4. The van der Waals surface area contributed by atoms with E-state index in [-0.39, 0.29) is 16.9 Å². The average Bonchev–Trinajstić information content (AvgIpc) is 3.24. The number of nitrogens with zero attached hydrogens (tertiary/aromatic N) is 1. The number of phenolic OH excluding ortho intramolecular Hbond substituents is 1. The van der Waals surface area contributed by atoms with E-state index in [4.69, 9.17) is 10.1 Å². The Kier molecular flexibility index (Phi) is 4.56. The van der Waals surface area contributed by atoms with Crippen molar-refractivity contribution in [3.63, 3.8) is 0 Å². The number of benzene rings is 3. The van der Waals surface area contributed by atoms with Crippen LogP contribution in [0.2, 0.25) is 0 Å². The molecule has 0 spiro atoms. The van der Waals surface area contributed by atoms with Crippen molar-refractivity contribution in [1.29, 1.82) is 0 Å². The minimum Gasteiger partial charge on any atom is -0.507 e. The fourth-order valence-corrected chi connectivity index (χ4v) is 4.38. The number of carboxylic acids is 2. The highest BCUT2D eigenvalue weighted by molar-refractivity contribution is 6.09. The van der Waals surface area contributed by atoms with E-state index in [1.807, 2.05) is 18.2 Å². The maximum absolute atomic E-state index is 11.3. The number of fused-ring (bicyclic) bond motifs is 3. The summed E-state index contributed by atoms with van der Waals surface area (Å²) in [5.74, 6) is -1.48. The first-order valence-electron chi connectivity index (χ1n) is 10.4. The van der Waals surface area contributed by atoms with Gasteiger partial charge in [0.1, 0.15) is 17.1 Å². The number of hydrogen-bond donors (Lipinski definition) is 4. The highest BCUT2D eigenvalue weighted by Gasteiger charge is 2.31. The molecular formula is C26H20N2O5. The van der Waals surface area contributed by atoms with Crippen LogP contribution < -0.4 is 0 Å². The van der Waals surface area contributed by atoms with E-state index in [1.54, 1.807) is 30.3 Å². The largest absolute Gasteiger partial charge is 0.507 e. The van der Waals surface area contributed by atoms with Gasteiger partial charge in [-0.25, -0.2) is 14.6 Å². The zero-order chi connectivity index (χ0) is 23.3. The van der Waals surface area contributed by atoms with Crippen molar-refractivity contribution < 1.29 is 24.9 Å². The first kappa shape index (κ1) is 20.5. The van der Waals surface area contributed by atoms with Gasteiger partial charge in [-0.2, -0.15) is 0 Å². The van der Waals surface area contributed by atoms with Gasteiger partial charge in [0.15, 0.2) is 0 Å². The van der Waals surface area contributed by atoms with Crippen LogP contribution in [0.5, 0.6) is 5.75 Å². The molecule has 0 fully saturated rings. The number of aromatic carboxylic acids is 2. The van der Waals surface area contributed by atoms with Crippen molar-refractivity contribution in [3.8, 4) is 5.75 Å². The molecule has 4 N–H and O–H groups in total. The molecule has 7 heteroatoms. The Balaban J connectivity index is 1.55. The number of allylic oxidation sites excluding steroid dienone is 4. The topological polar surface area (TPSA) is 124 Å². The van der Waals surface area contributed by atoms with Gasteiger partial charge in [0.2, 0.25) is 0 Å². The highest BCUT2D eigenvalue weighted by Crippen LogP contribution is 2.40. The molecule has 0 bridgehead atoms. The second-order valence-electron chi connectivity index (χ2n) is 8.47. The maximum Gasteiger partial charge on any atom is 0.335 e. The molecule has 0 aliphatic heterocycles. The zero-order valence-electron chi connectivity index (χ0n) is 17.7. The zero-order valence-corrected chi connectivity index (χ0v) is 17.7. The number of imidazole rings is 1. The molecule has 4 aromatic rings. The van der Waals surface area contributed by atoms with Crippen LogP contribution in [-0.4, -0.2) is 37.2 Å². The van der Waals surface area contributed by atoms with E-state index in [9.17, 15) is 19.8 Å². The van der Waals surface area contributed by atoms with Gasteiger partial charge in [0.05, 0.1) is 22.0 Å². The van der Waals surface area contributed by atoms with Crippen molar-refractivity contribution in [2.75, 3.05) is 0 Å². The number of aromatic amines is 1. The molecule has 0 saturated heterocycles. The van der Waals surface area contributed by atoms with Crippen molar-refractivity contribution >= 4 is 39.3 Å². The van der Waals surface area contributed by atoms with Crippen LogP contribution in [0.1, 0.15) is 45.4 Å². The summed E-state index contributed by atoms with van der Waals surface area (Å²) >= 11 is 0. The molecule has 33 heavy (non-hydrogen) atoms. The predicted molar refractivity (Wildman–Crippen MR) is 125 cm³/mol. The smallest absolute Gasteiger partial charge is 0.335 e.